The van der Waals surface area contributed by atoms with Crippen molar-refractivity contribution in [2.24, 2.45) is 11.8 Å². The number of hydrogen-bond donors (Lipinski definition) is 3. The molecule has 0 aliphatic carbocycles. The first kappa shape index (κ1) is 11.5. The smallest absolute Gasteiger partial charge is 0.145 e. The maximum absolute atomic E-state index is 5.33. The van der Waals surface area contributed by atoms with Gasteiger partial charge in [0.05, 0.1) is 0 Å². The molecule has 1 aliphatic rings. The van der Waals surface area contributed by atoms with Gasteiger partial charge in [-0.15, -0.1) is 0 Å². The predicted molar refractivity (Wildman–Crippen MR) is 68.5 cm³/mol. The Bertz CT molecular complexity index is 351. The minimum atomic E-state index is 0.649. The third-order valence-electron chi connectivity index (χ3n) is 2.58. The summed E-state index contributed by atoms with van der Waals surface area (Å²) in [4.78, 5) is 8.46. The fourth-order valence-corrected chi connectivity index (χ4v) is 3.01. The van der Waals surface area contributed by atoms with Crippen molar-refractivity contribution in [1.29, 1.82) is 0 Å². The summed E-state index contributed by atoms with van der Waals surface area (Å²) in [5.74, 6) is 10.8. The van der Waals surface area contributed by atoms with Crippen LogP contribution in [0.25, 0.3) is 0 Å². The second-order valence-electron chi connectivity index (χ2n) is 3.94. The number of anilines is 2. The van der Waals surface area contributed by atoms with Crippen molar-refractivity contribution in [3.05, 3.63) is 11.9 Å². The van der Waals surface area contributed by atoms with Crippen molar-refractivity contribution >= 4 is 23.4 Å². The number of nitrogens with zero attached hydrogens (tertiary/aromatic N) is 2. The van der Waals surface area contributed by atoms with Gasteiger partial charge in [-0.05, 0) is 30.8 Å². The predicted octanol–water partition coefficient (Wildman–Crippen LogP) is 1.24. The number of hydrogen-bond acceptors (Lipinski definition) is 6. The van der Waals surface area contributed by atoms with E-state index in [9.17, 15) is 0 Å². The summed E-state index contributed by atoms with van der Waals surface area (Å²) in [6.07, 6.45) is 1.30. The highest BCUT2D eigenvalue weighted by Gasteiger charge is 2.15. The van der Waals surface area contributed by atoms with E-state index in [1.54, 1.807) is 0 Å². The molecule has 1 aromatic heterocycles. The Kier molecular flexibility index (Phi) is 3.84. The van der Waals surface area contributed by atoms with Crippen molar-refractivity contribution < 1.29 is 0 Å². The van der Waals surface area contributed by atoms with Gasteiger partial charge in [-0.25, -0.2) is 15.8 Å². The molecule has 0 saturated carbocycles. The van der Waals surface area contributed by atoms with Crippen molar-refractivity contribution in [1.82, 2.24) is 9.97 Å². The van der Waals surface area contributed by atoms with Gasteiger partial charge in [0.2, 0.25) is 0 Å². The van der Waals surface area contributed by atoms with Crippen LogP contribution in [0, 0.1) is 12.8 Å². The number of nitrogens with two attached hydrogens (primary N) is 1. The first-order valence-corrected chi connectivity index (χ1v) is 6.57. The van der Waals surface area contributed by atoms with Crippen molar-refractivity contribution in [2.75, 3.05) is 28.8 Å². The van der Waals surface area contributed by atoms with E-state index in [4.69, 9.17) is 5.84 Å². The van der Waals surface area contributed by atoms with Gasteiger partial charge in [-0.3, -0.25) is 0 Å². The highest BCUT2D eigenvalue weighted by Crippen LogP contribution is 2.23. The zero-order chi connectivity index (χ0) is 11.4. The lowest BCUT2D eigenvalue weighted by Gasteiger charge is -2.11. The van der Waals surface area contributed by atoms with Crippen LogP contribution in [-0.4, -0.2) is 28.0 Å². The molecular weight excluding hydrogens is 222 g/mol. The van der Waals surface area contributed by atoms with Crippen LogP contribution in [0.3, 0.4) is 0 Å². The molecule has 1 saturated heterocycles. The Morgan fingerprint density at radius 3 is 3.00 bits per heavy atom. The Morgan fingerprint density at radius 2 is 2.31 bits per heavy atom. The third kappa shape index (κ3) is 2.99. The first-order valence-electron chi connectivity index (χ1n) is 5.42. The minimum absolute atomic E-state index is 0.649. The Morgan fingerprint density at radius 1 is 1.50 bits per heavy atom. The Balaban J connectivity index is 1.94. The summed E-state index contributed by atoms with van der Waals surface area (Å²) in [5, 5.41) is 3.34. The average molecular weight is 239 g/mol. The van der Waals surface area contributed by atoms with E-state index >= 15 is 0 Å². The monoisotopic (exact) mass is 239 g/mol. The summed E-state index contributed by atoms with van der Waals surface area (Å²) in [5.41, 5.74) is 2.54. The first-order chi connectivity index (χ1) is 7.78. The molecule has 0 spiro atoms. The molecule has 2 heterocycles. The molecule has 4 N–H and O–H groups in total. The largest absolute Gasteiger partial charge is 0.370 e. The van der Waals surface area contributed by atoms with Crippen LogP contribution < -0.4 is 16.6 Å². The van der Waals surface area contributed by atoms with Gasteiger partial charge < -0.3 is 10.7 Å². The van der Waals surface area contributed by atoms with Crippen LogP contribution in [0.5, 0.6) is 0 Å². The van der Waals surface area contributed by atoms with E-state index in [-0.39, 0.29) is 0 Å². The summed E-state index contributed by atoms with van der Waals surface area (Å²) >= 11 is 2.02. The van der Waals surface area contributed by atoms with E-state index in [0.717, 1.165) is 24.1 Å². The molecule has 0 aromatic carbocycles. The second-order valence-corrected chi connectivity index (χ2v) is 5.09. The molecule has 0 bridgehead atoms. The summed E-state index contributed by atoms with van der Waals surface area (Å²) < 4.78 is 0. The van der Waals surface area contributed by atoms with Crippen molar-refractivity contribution in [2.45, 2.75) is 13.3 Å². The van der Waals surface area contributed by atoms with Crippen LogP contribution in [0.15, 0.2) is 6.07 Å². The van der Waals surface area contributed by atoms with E-state index in [1.807, 2.05) is 24.8 Å². The fraction of sp³-hybridized carbons (Fsp3) is 0.600. The highest BCUT2D eigenvalue weighted by atomic mass is 32.2. The average Bonchev–Trinajstić information content (AvgIpc) is 2.78. The fourth-order valence-electron chi connectivity index (χ4n) is 1.73. The molecule has 0 radical (unpaired) electrons. The Hall–Kier alpha value is -1.01. The maximum Gasteiger partial charge on any atom is 0.145 e. The SMILES string of the molecule is Cc1nc(NN)cc(NCC2CCSC2)n1. The van der Waals surface area contributed by atoms with E-state index < -0.39 is 0 Å². The van der Waals surface area contributed by atoms with Crippen LogP contribution in [0.2, 0.25) is 0 Å². The third-order valence-corrected chi connectivity index (χ3v) is 3.81. The number of aryl methyl sites for hydroxylation is 1. The summed E-state index contributed by atoms with van der Waals surface area (Å²) in [6, 6.07) is 1.83. The van der Waals surface area contributed by atoms with Gasteiger partial charge in [-0.2, -0.15) is 11.8 Å². The summed E-state index contributed by atoms with van der Waals surface area (Å²) in [7, 11) is 0. The van der Waals surface area contributed by atoms with Crippen LogP contribution in [-0.2, 0) is 0 Å². The lowest BCUT2D eigenvalue weighted by atomic mass is 10.1. The van der Waals surface area contributed by atoms with E-state index in [0.29, 0.717) is 5.82 Å². The number of aromatic nitrogens is 2. The van der Waals surface area contributed by atoms with Gasteiger partial charge in [-0.1, -0.05) is 0 Å². The Labute approximate surface area is 99.6 Å². The molecule has 88 valence electrons. The molecule has 0 amide bonds. The zero-order valence-electron chi connectivity index (χ0n) is 9.36. The van der Waals surface area contributed by atoms with Gasteiger partial charge in [0.15, 0.2) is 0 Å². The quantitative estimate of drug-likeness (QED) is 0.542. The molecule has 1 aromatic rings. The molecule has 1 fully saturated rings. The van der Waals surface area contributed by atoms with Crippen LogP contribution in [0.1, 0.15) is 12.2 Å². The number of nitrogen functional groups attached to an aromatic ring is 1. The van der Waals surface area contributed by atoms with E-state index in [2.05, 4.69) is 20.7 Å². The molecule has 1 aliphatic heterocycles. The molecule has 6 heteroatoms. The number of rotatable bonds is 4. The summed E-state index contributed by atoms with van der Waals surface area (Å²) in [6.45, 7) is 2.84. The zero-order valence-corrected chi connectivity index (χ0v) is 10.2. The lowest BCUT2D eigenvalue weighted by molar-refractivity contribution is 0.630. The normalized spacial score (nSPS) is 19.8. The number of nitrogens with one attached hydrogen (secondary N) is 2. The van der Waals surface area contributed by atoms with Gasteiger partial charge in [0, 0.05) is 12.6 Å². The molecular formula is C10H17N5S. The molecule has 5 nitrogen and oxygen atoms in total. The highest BCUT2D eigenvalue weighted by molar-refractivity contribution is 7.99. The van der Waals surface area contributed by atoms with E-state index in [1.165, 1.54) is 17.9 Å². The van der Waals surface area contributed by atoms with Crippen molar-refractivity contribution in [3.63, 3.8) is 0 Å². The maximum atomic E-state index is 5.33. The van der Waals surface area contributed by atoms with Gasteiger partial charge in [0.1, 0.15) is 17.5 Å². The molecule has 1 atom stereocenters. The van der Waals surface area contributed by atoms with Gasteiger partial charge in [0.25, 0.3) is 0 Å². The second kappa shape index (κ2) is 5.36. The minimum Gasteiger partial charge on any atom is -0.370 e. The standard InChI is InChI=1S/C10H17N5S/c1-7-13-9(4-10(14-7)15-11)12-5-8-2-3-16-6-8/h4,8H,2-3,5-6,11H2,1H3,(H2,12,13,14,15). The van der Waals surface area contributed by atoms with Crippen LogP contribution >= 0.6 is 11.8 Å². The molecule has 1 unspecified atom stereocenters. The topological polar surface area (TPSA) is 75.9 Å². The molecule has 2 rings (SSSR count). The number of thioether (sulfide) groups is 1. The molecule has 16 heavy (non-hydrogen) atoms. The number of hydrazine groups is 1. The van der Waals surface area contributed by atoms with Crippen LogP contribution in [0.4, 0.5) is 11.6 Å². The lowest BCUT2D eigenvalue weighted by Crippen LogP contribution is -2.16. The van der Waals surface area contributed by atoms with Crippen molar-refractivity contribution in [3.8, 4) is 0 Å². The van der Waals surface area contributed by atoms with Gasteiger partial charge >= 0.3 is 0 Å².